The van der Waals surface area contributed by atoms with Crippen LogP contribution in [-0.2, 0) is 0 Å². The fraction of sp³-hybridized carbons (Fsp3) is 0.957. The van der Waals surface area contributed by atoms with E-state index in [2.05, 4.69) is 16.8 Å². The number of hydrogen-bond acceptors (Lipinski definition) is 3. The first kappa shape index (κ1) is 26.7. The Balaban J connectivity index is 0.00000676. The molecule has 0 aromatic rings. The maximum absolute atomic E-state index is 10.0. The Hall–Kier alpha value is -0.280. The van der Waals surface area contributed by atoms with Crippen molar-refractivity contribution in [1.29, 1.82) is 0 Å². The fourth-order valence-electron chi connectivity index (χ4n) is 3.85. The summed E-state index contributed by atoms with van der Waals surface area (Å²) in [5.74, 6) is 0. The Morgan fingerprint density at radius 2 is 1.22 bits per heavy atom. The van der Waals surface area contributed by atoms with Crippen molar-refractivity contribution in [2.24, 2.45) is 4.99 Å². The van der Waals surface area contributed by atoms with Crippen LogP contribution in [0.4, 0.5) is 0 Å². The largest absolute Gasteiger partial charge is 0.391 e. The normalized spacial score (nSPS) is 14.5. The molecule has 1 aliphatic heterocycles. The van der Waals surface area contributed by atoms with E-state index in [4.69, 9.17) is 0 Å². The van der Waals surface area contributed by atoms with E-state index < -0.39 is 0 Å². The number of hydrogen-bond donors (Lipinski definition) is 1. The van der Waals surface area contributed by atoms with Gasteiger partial charge in [-0.05, 0) is 6.42 Å². The number of halogens is 1. The number of aliphatic hydroxyl groups is 1. The van der Waals surface area contributed by atoms with Crippen molar-refractivity contribution in [3.05, 3.63) is 0 Å². The molecule has 1 heterocycles. The molecule has 0 aromatic heterocycles. The number of nitrogens with zero attached hydrogens (tertiary/aromatic N) is 2. The van der Waals surface area contributed by atoms with Crippen LogP contribution < -0.4 is 0 Å². The summed E-state index contributed by atoms with van der Waals surface area (Å²) in [6.45, 7) is 4.93. The van der Waals surface area contributed by atoms with Gasteiger partial charge in [-0.1, -0.05) is 110 Å². The summed E-state index contributed by atoms with van der Waals surface area (Å²) < 4.78 is 0. The molecule has 0 fully saturated rings. The highest BCUT2D eigenvalue weighted by Gasteiger charge is 2.11. The first-order valence-corrected chi connectivity index (χ1v) is 11.7. The quantitative estimate of drug-likeness (QED) is 0.242. The van der Waals surface area contributed by atoms with Gasteiger partial charge >= 0.3 is 0 Å². The molecule has 4 heteroatoms. The lowest BCUT2D eigenvalue weighted by atomic mass is 10.0. The maximum atomic E-state index is 10.0. The summed E-state index contributed by atoms with van der Waals surface area (Å²) in [6, 6.07) is 0. The SMILES string of the molecule is CCCCCCCCCCCCCCCCCCC(O)CN1C=NCC1.Cl. The molecule has 162 valence electrons. The zero-order valence-corrected chi connectivity index (χ0v) is 18.9. The van der Waals surface area contributed by atoms with Crippen LogP contribution in [-0.4, -0.2) is 42.1 Å². The Morgan fingerprint density at radius 1 is 0.778 bits per heavy atom. The first-order valence-electron chi connectivity index (χ1n) is 11.7. The summed E-state index contributed by atoms with van der Waals surface area (Å²) in [4.78, 5) is 6.32. The third-order valence-electron chi connectivity index (χ3n) is 5.60. The second-order valence-electron chi connectivity index (χ2n) is 8.26. The summed E-state index contributed by atoms with van der Waals surface area (Å²) in [6.07, 6.45) is 25.1. The molecular weight excluding hydrogens is 356 g/mol. The van der Waals surface area contributed by atoms with Crippen molar-refractivity contribution < 1.29 is 5.11 Å². The summed E-state index contributed by atoms with van der Waals surface area (Å²) in [7, 11) is 0. The van der Waals surface area contributed by atoms with E-state index in [0.717, 1.165) is 26.1 Å². The van der Waals surface area contributed by atoms with Gasteiger partial charge in [0.15, 0.2) is 0 Å². The number of rotatable bonds is 19. The van der Waals surface area contributed by atoms with Crippen molar-refractivity contribution in [3.63, 3.8) is 0 Å². The van der Waals surface area contributed by atoms with E-state index in [1.165, 1.54) is 103 Å². The summed E-state index contributed by atoms with van der Waals surface area (Å²) >= 11 is 0. The van der Waals surface area contributed by atoms with E-state index >= 15 is 0 Å². The lowest BCUT2D eigenvalue weighted by Crippen LogP contribution is -2.30. The van der Waals surface area contributed by atoms with Gasteiger partial charge in [0.05, 0.1) is 19.0 Å². The van der Waals surface area contributed by atoms with Gasteiger partial charge in [-0.15, -0.1) is 12.4 Å². The lowest BCUT2D eigenvalue weighted by molar-refractivity contribution is 0.135. The molecule has 0 aliphatic carbocycles. The smallest absolute Gasteiger partial charge is 0.0852 e. The lowest BCUT2D eigenvalue weighted by Gasteiger charge is -2.18. The van der Waals surface area contributed by atoms with Crippen LogP contribution in [0.15, 0.2) is 4.99 Å². The second kappa shape index (κ2) is 20.5. The Morgan fingerprint density at radius 3 is 1.63 bits per heavy atom. The molecule has 3 nitrogen and oxygen atoms in total. The minimum atomic E-state index is -0.175. The van der Waals surface area contributed by atoms with Crippen molar-refractivity contribution in [2.75, 3.05) is 19.6 Å². The third kappa shape index (κ3) is 17.5. The molecule has 1 unspecified atom stereocenters. The molecule has 0 saturated carbocycles. The molecule has 0 radical (unpaired) electrons. The van der Waals surface area contributed by atoms with E-state index in [9.17, 15) is 5.11 Å². The van der Waals surface area contributed by atoms with E-state index in [1.807, 2.05) is 6.34 Å². The predicted octanol–water partition coefficient (Wildman–Crippen LogP) is 6.76. The Labute approximate surface area is 175 Å². The highest BCUT2D eigenvalue weighted by Crippen LogP contribution is 2.14. The van der Waals surface area contributed by atoms with Crippen LogP contribution in [0.3, 0.4) is 0 Å². The second-order valence-corrected chi connectivity index (χ2v) is 8.26. The minimum absolute atomic E-state index is 0. The van der Waals surface area contributed by atoms with Crippen LogP contribution in [0.1, 0.15) is 116 Å². The highest BCUT2D eigenvalue weighted by atomic mass is 35.5. The summed E-state index contributed by atoms with van der Waals surface area (Å²) in [5.41, 5.74) is 0. The average Bonchev–Trinajstić information content (AvgIpc) is 3.14. The van der Waals surface area contributed by atoms with Crippen molar-refractivity contribution in [1.82, 2.24) is 4.90 Å². The predicted molar refractivity (Wildman–Crippen MR) is 122 cm³/mol. The van der Waals surface area contributed by atoms with E-state index in [1.54, 1.807) is 0 Å². The van der Waals surface area contributed by atoms with Crippen LogP contribution in [0, 0.1) is 0 Å². The first-order chi connectivity index (χ1) is 12.8. The number of unbranched alkanes of at least 4 members (excludes halogenated alkanes) is 15. The fourth-order valence-corrected chi connectivity index (χ4v) is 3.85. The molecule has 0 bridgehead atoms. The van der Waals surface area contributed by atoms with Gasteiger partial charge in [-0.25, -0.2) is 0 Å². The Kier molecular flexibility index (Phi) is 20.2. The van der Waals surface area contributed by atoms with Crippen LogP contribution in [0.5, 0.6) is 0 Å². The van der Waals surface area contributed by atoms with Gasteiger partial charge in [0.2, 0.25) is 0 Å². The van der Waals surface area contributed by atoms with E-state index in [-0.39, 0.29) is 18.5 Å². The molecule has 0 amide bonds. The van der Waals surface area contributed by atoms with Crippen LogP contribution in [0.2, 0.25) is 0 Å². The van der Waals surface area contributed by atoms with Gasteiger partial charge < -0.3 is 10.0 Å². The minimum Gasteiger partial charge on any atom is -0.391 e. The van der Waals surface area contributed by atoms with Gasteiger partial charge in [0, 0.05) is 13.1 Å². The molecule has 0 aromatic carbocycles. The average molecular weight is 403 g/mol. The van der Waals surface area contributed by atoms with Crippen LogP contribution in [0.25, 0.3) is 0 Å². The third-order valence-corrected chi connectivity index (χ3v) is 5.60. The van der Waals surface area contributed by atoms with Gasteiger partial charge in [-0.3, -0.25) is 4.99 Å². The molecule has 0 spiro atoms. The zero-order chi connectivity index (χ0) is 18.7. The maximum Gasteiger partial charge on any atom is 0.0852 e. The summed E-state index contributed by atoms with van der Waals surface area (Å²) in [5, 5.41) is 10.0. The Bertz CT molecular complexity index is 326. The van der Waals surface area contributed by atoms with Crippen molar-refractivity contribution in [2.45, 2.75) is 122 Å². The topological polar surface area (TPSA) is 35.8 Å². The molecular formula is C23H47ClN2O. The number of aliphatic imine (C=N–C) groups is 1. The van der Waals surface area contributed by atoms with Gasteiger partial charge in [-0.2, -0.15) is 0 Å². The van der Waals surface area contributed by atoms with Gasteiger partial charge in [0.1, 0.15) is 0 Å². The number of aliphatic hydroxyl groups excluding tert-OH is 1. The van der Waals surface area contributed by atoms with Crippen molar-refractivity contribution in [3.8, 4) is 0 Å². The monoisotopic (exact) mass is 402 g/mol. The number of β-amino-alcohol motifs (C(OH)–C–C–N with tert-alkyl or cyclic N) is 1. The van der Waals surface area contributed by atoms with Crippen LogP contribution >= 0.6 is 12.4 Å². The highest BCUT2D eigenvalue weighted by molar-refractivity contribution is 5.85. The molecule has 1 rings (SSSR count). The molecule has 0 saturated heterocycles. The standard InChI is InChI=1S/C23H46N2O.ClH/c1-2-3-4-5-6-7-8-9-10-11-12-13-14-15-16-17-18-23(26)21-25-20-19-24-22-25;/h22-23,26H,2-21H2,1H3;1H. The zero-order valence-electron chi connectivity index (χ0n) is 18.0. The van der Waals surface area contributed by atoms with Crippen molar-refractivity contribution >= 4 is 18.7 Å². The molecule has 1 aliphatic rings. The van der Waals surface area contributed by atoms with E-state index in [0.29, 0.717) is 0 Å². The molecule has 1 N–H and O–H groups in total. The van der Waals surface area contributed by atoms with Gasteiger partial charge in [0.25, 0.3) is 0 Å². The molecule has 1 atom stereocenters. The molecule has 27 heavy (non-hydrogen) atoms.